The maximum Gasteiger partial charge on any atom is 0.246 e. The van der Waals surface area contributed by atoms with Gasteiger partial charge in [-0.3, -0.25) is 19.4 Å². The Kier molecular flexibility index (Phi) is 7.98. The van der Waals surface area contributed by atoms with Crippen LogP contribution in [0.4, 0.5) is 5.69 Å². The van der Waals surface area contributed by atoms with Gasteiger partial charge < -0.3 is 15.0 Å². The van der Waals surface area contributed by atoms with Crippen molar-refractivity contribution in [2.45, 2.75) is 13.0 Å². The van der Waals surface area contributed by atoms with Crippen LogP contribution in [0.1, 0.15) is 17.2 Å². The van der Waals surface area contributed by atoms with E-state index in [9.17, 15) is 9.59 Å². The normalized spacial score (nSPS) is 18.7. The molecule has 2 aromatic rings. The van der Waals surface area contributed by atoms with Crippen LogP contribution in [0, 0.1) is 6.92 Å². The van der Waals surface area contributed by atoms with Crippen LogP contribution in [-0.2, 0) is 14.3 Å². The maximum absolute atomic E-state index is 13.4. The molecule has 4 rings (SSSR count). The van der Waals surface area contributed by atoms with E-state index in [1.165, 1.54) is 0 Å². The zero-order valence-corrected chi connectivity index (χ0v) is 19.8. The van der Waals surface area contributed by atoms with Gasteiger partial charge in [0.2, 0.25) is 11.8 Å². The van der Waals surface area contributed by atoms with Crippen molar-refractivity contribution < 1.29 is 14.3 Å². The fraction of sp³-hybridized carbons (Fsp3) is 0.440. The Morgan fingerprint density at radius 3 is 2.36 bits per heavy atom. The SMILES string of the molecule is Cc1ccc(NC(=O)[C@H](c2ccccc2)N2CCN(CC(=O)N3CCOCC3)CC2)cc1Cl. The number of amides is 2. The number of morpholine rings is 1. The molecule has 2 heterocycles. The molecular weight excluding hydrogens is 440 g/mol. The predicted octanol–water partition coefficient (Wildman–Crippen LogP) is 2.80. The third-order valence-corrected chi connectivity index (χ3v) is 6.70. The summed E-state index contributed by atoms with van der Waals surface area (Å²) in [5.74, 6) is 0.0688. The first kappa shape index (κ1) is 23.7. The van der Waals surface area contributed by atoms with Crippen LogP contribution >= 0.6 is 11.6 Å². The molecule has 0 radical (unpaired) electrons. The Labute approximate surface area is 200 Å². The molecule has 0 aliphatic carbocycles. The first-order chi connectivity index (χ1) is 16.0. The lowest BCUT2D eigenvalue weighted by Crippen LogP contribution is -2.53. The lowest BCUT2D eigenvalue weighted by Gasteiger charge is -2.39. The molecule has 0 spiro atoms. The van der Waals surface area contributed by atoms with E-state index in [1.807, 2.05) is 54.3 Å². The van der Waals surface area contributed by atoms with E-state index in [0.717, 1.165) is 24.2 Å². The quantitative estimate of drug-likeness (QED) is 0.703. The van der Waals surface area contributed by atoms with Gasteiger partial charge in [0, 0.05) is 50.0 Å². The minimum absolute atomic E-state index is 0.0843. The van der Waals surface area contributed by atoms with Gasteiger partial charge in [0.05, 0.1) is 19.8 Å². The summed E-state index contributed by atoms with van der Waals surface area (Å²) in [7, 11) is 0. The Hall–Kier alpha value is -2.45. The molecule has 7 nitrogen and oxygen atoms in total. The summed E-state index contributed by atoms with van der Waals surface area (Å²) in [5.41, 5.74) is 2.61. The second kappa shape index (κ2) is 11.1. The van der Waals surface area contributed by atoms with Crippen molar-refractivity contribution in [1.29, 1.82) is 0 Å². The molecule has 33 heavy (non-hydrogen) atoms. The van der Waals surface area contributed by atoms with Gasteiger partial charge in [-0.2, -0.15) is 0 Å². The van der Waals surface area contributed by atoms with Crippen LogP contribution in [0.25, 0.3) is 0 Å². The highest BCUT2D eigenvalue weighted by Gasteiger charge is 2.31. The largest absolute Gasteiger partial charge is 0.378 e. The number of ether oxygens (including phenoxy) is 1. The van der Waals surface area contributed by atoms with E-state index in [1.54, 1.807) is 6.07 Å². The molecule has 2 aliphatic heterocycles. The molecule has 0 unspecified atom stereocenters. The Morgan fingerprint density at radius 2 is 1.70 bits per heavy atom. The van der Waals surface area contributed by atoms with Gasteiger partial charge in [-0.25, -0.2) is 0 Å². The third-order valence-electron chi connectivity index (χ3n) is 6.30. The molecule has 0 bridgehead atoms. The Bertz CT molecular complexity index is 957. The number of hydrogen-bond acceptors (Lipinski definition) is 5. The molecule has 1 atom stereocenters. The van der Waals surface area contributed by atoms with Gasteiger partial charge in [-0.15, -0.1) is 0 Å². The molecule has 8 heteroatoms. The fourth-order valence-corrected chi connectivity index (χ4v) is 4.51. The average Bonchev–Trinajstić information content (AvgIpc) is 2.84. The highest BCUT2D eigenvalue weighted by Crippen LogP contribution is 2.26. The average molecular weight is 471 g/mol. The van der Waals surface area contributed by atoms with Gasteiger partial charge in [-0.1, -0.05) is 48.0 Å². The highest BCUT2D eigenvalue weighted by molar-refractivity contribution is 6.31. The lowest BCUT2D eigenvalue weighted by atomic mass is 10.0. The molecule has 2 aromatic carbocycles. The van der Waals surface area contributed by atoms with E-state index in [4.69, 9.17) is 16.3 Å². The summed E-state index contributed by atoms with van der Waals surface area (Å²) in [6.07, 6.45) is 0. The van der Waals surface area contributed by atoms with Crippen LogP contribution in [0.3, 0.4) is 0 Å². The standard InChI is InChI=1S/C25H31ClN4O3/c1-19-7-8-21(17-22(19)26)27-25(32)24(20-5-3-2-4-6-20)30-11-9-28(10-12-30)18-23(31)29-13-15-33-16-14-29/h2-8,17,24H,9-16,18H2,1H3,(H,27,32)/t24-/m0/s1. The van der Waals surface area contributed by atoms with Crippen molar-refractivity contribution in [3.8, 4) is 0 Å². The van der Waals surface area contributed by atoms with Gasteiger partial charge >= 0.3 is 0 Å². The van der Waals surface area contributed by atoms with Crippen LogP contribution in [0.15, 0.2) is 48.5 Å². The van der Waals surface area contributed by atoms with Crippen LogP contribution in [-0.4, -0.2) is 85.5 Å². The van der Waals surface area contributed by atoms with Crippen molar-refractivity contribution in [1.82, 2.24) is 14.7 Å². The number of anilines is 1. The fourth-order valence-electron chi connectivity index (χ4n) is 4.33. The number of halogens is 1. The second-order valence-corrected chi connectivity index (χ2v) is 8.98. The van der Waals surface area contributed by atoms with E-state index in [-0.39, 0.29) is 11.8 Å². The predicted molar refractivity (Wildman–Crippen MR) is 129 cm³/mol. The Balaban J connectivity index is 1.41. The maximum atomic E-state index is 13.4. The number of hydrogen-bond donors (Lipinski definition) is 1. The highest BCUT2D eigenvalue weighted by atomic mass is 35.5. The number of aryl methyl sites for hydroxylation is 1. The number of rotatable bonds is 6. The van der Waals surface area contributed by atoms with E-state index in [0.29, 0.717) is 56.6 Å². The molecule has 2 aliphatic rings. The molecule has 2 fully saturated rings. The number of benzene rings is 2. The van der Waals surface area contributed by atoms with Gasteiger partial charge in [0.15, 0.2) is 0 Å². The van der Waals surface area contributed by atoms with Gasteiger partial charge in [0.25, 0.3) is 0 Å². The van der Waals surface area contributed by atoms with Gasteiger partial charge in [0.1, 0.15) is 6.04 Å². The van der Waals surface area contributed by atoms with E-state index < -0.39 is 6.04 Å². The van der Waals surface area contributed by atoms with E-state index in [2.05, 4.69) is 15.1 Å². The molecular formula is C25H31ClN4O3. The number of nitrogens with one attached hydrogen (secondary N) is 1. The van der Waals surface area contributed by atoms with Crippen molar-refractivity contribution >= 4 is 29.1 Å². The minimum atomic E-state index is -0.414. The molecule has 176 valence electrons. The first-order valence-electron chi connectivity index (χ1n) is 11.4. The van der Waals surface area contributed by atoms with Crippen molar-refractivity contribution in [3.63, 3.8) is 0 Å². The Morgan fingerprint density at radius 1 is 1.00 bits per heavy atom. The van der Waals surface area contributed by atoms with Crippen molar-refractivity contribution in [2.24, 2.45) is 0 Å². The summed E-state index contributed by atoms with van der Waals surface area (Å²) >= 11 is 6.25. The number of piperazine rings is 1. The number of carbonyl (C=O) groups is 2. The molecule has 2 saturated heterocycles. The summed E-state index contributed by atoms with van der Waals surface area (Å²) in [6, 6.07) is 15.0. The van der Waals surface area contributed by atoms with Crippen LogP contribution in [0.5, 0.6) is 0 Å². The third kappa shape index (κ3) is 6.12. The molecule has 0 aromatic heterocycles. The zero-order chi connectivity index (χ0) is 23.2. The molecule has 1 N–H and O–H groups in total. The monoisotopic (exact) mass is 470 g/mol. The minimum Gasteiger partial charge on any atom is -0.378 e. The molecule has 2 amide bonds. The van der Waals surface area contributed by atoms with Crippen molar-refractivity contribution in [3.05, 3.63) is 64.7 Å². The number of carbonyl (C=O) groups excluding carboxylic acids is 2. The van der Waals surface area contributed by atoms with E-state index >= 15 is 0 Å². The first-order valence-corrected chi connectivity index (χ1v) is 11.8. The van der Waals surface area contributed by atoms with Gasteiger partial charge in [-0.05, 0) is 30.2 Å². The summed E-state index contributed by atoms with van der Waals surface area (Å²) < 4.78 is 5.34. The summed E-state index contributed by atoms with van der Waals surface area (Å²) in [5, 5.41) is 3.67. The van der Waals surface area contributed by atoms with Crippen LogP contribution < -0.4 is 5.32 Å². The smallest absolute Gasteiger partial charge is 0.246 e. The lowest BCUT2D eigenvalue weighted by molar-refractivity contribution is -0.137. The number of nitrogens with zero attached hydrogens (tertiary/aromatic N) is 3. The second-order valence-electron chi connectivity index (χ2n) is 8.57. The van der Waals surface area contributed by atoms with Crippen LogP contribution in [0.2, 0.25) is 5.02 Å². The zero-order valence-electron chi connectivity index (χ0n) is 19.0. The van der Waals surface area contributed by atoms with Crippen molar-refractivity contribution in [2.75, 3.05) is 64.3 Å². The molecule has 0 saturated carbocycles. The summed E-state index contributed by atoms with van der Waals surface area (Å²) in [4.78, 5) is 32.2. The topological polar surface area (TPSA) is 65.1 Å². The summed E-state index contributed by atoms with van der Waals surface area (Å²) in [6.45, 7) is 7.79.